The Hall–Kier alpha value is -3.68. The number of para-hydroxylation sites is 1. The van der Waals surface area contributed by atoms with Gasteiger partial charge in [0.15, 0.2) is 0 Å². The van der Waals surface area contributed by atoms with Crippen molar-refractivity contribution in [2.45, 2.75) is 0 Å². The van der Waals surface area contributed by atoms with Gasteiger partial charge < -0.3 is 15.2 Å². The average molecular weight is 341 g/mol. The van der Waals surface area contributed by atoms with Crippen molar-refractivity contribution < 1.29 is 19.4 Å². The van der Waals surface area contributed by atoms with Crippen molar-refractivity contribution in [3.63, 3.8) is 0 Å². The van der Waals surface area contributed by atoms with Gasteiger partial charge >= 0.3 is 0 Å². The standard InChI is InChI=1S/C17H12FN3O4/c18-13-3-1-2-11-15(13)19-8-12(16(11)24)17(25)21-20-7-9-6-10(22)4-5-14(9)23/h1-8,22-23H,(H,19,24)(H,21,25)/b20-7+. The number of nitrogens with one attached hydrogen (secondary N) is 2. The topological polar surface area (TPSA) is 115 Å². The van der Waals surface area contributed by atoms with Crippen molar-refractivity contribution in [2.75, 3.05) is 0 Å². The van der Waals surface area contributed by atoms with Gasteiger partial charge in [0.05, 0.1) is 11.7 Å². The smallest absolute Gasteiger partial charge is 0.276 e. The van der Waals surface area contributed by atoms with Crippen LogP contribution in [-0.2, 0) is 0 Å². The lowest BCUT2D eigenvalue weighted by Gasteiger charge is -2.03. The molecule has 0 atom stereocenters. The van der Waals surface area contributed by atoms with Crippen LogP contribution in [0.3, 0.4) is 0 Å². The fourth-order valence-corrected chi connectivity index (χ4v) is 2.25. The third-order valence-electron chi connectivity index (χ3n) is 3.49. The molecule has 0 spiro atoms. The number of nitrogens with zero attached hydrogens (tertiary/aromatic N) is 1. The Labute approximate surface area is 140 Å². The van der Waals surface area contributed by atoms with Gasteiger partial charge in [0.1, 0.15) is 22.9 Å². The van der Waals surface area contributed by atoms with Crippen LogP contribution in [0.25, 0.3) is 10.9 Å². The first-order valence-corrected chi connectivity index (χ1v) is 7.12. The number of aromatic amines is 1. The van der Waals surface area contributed by atoms with E-state index in [1.807, 2.05) is 0 Å². The predicted octanol–water partition coefficient (Wildman–Crippen LogP) is 1.84. The maximum absolute atomic E-state index is 13.6. The predicted molar refractivity (Wildman–Crippen MR) is 89.4 cm³/mol. The third-order valence-corrected chi connectivity index (χ3v) is 3.49. The number of hydrogen-bond donors (Lipinski definition) is 4. The molecule has 126 valence electrons. The number of benzene rings is 2. The van der Waals surface area contributed by atoms with Gasteiger partial charge in [-0.1, -0.05) is 6.07 Å². The molecular formula is C17H12FN3O4. The maximum Gasteiger partial charge on any atom is 0.276 e. The number of H-pyrrole nitrogens is 1. The van der Waals surface area contributed by atoms with Crippen LogP contribution in [-0.4, -0.2) is 27.3 Å². The first-order chi connectivity index (χ1) is 12.0. The second-order valence-electron chi connectivity index (χ2n) is 5.14. The van der Waals surface area contributed by atoms with E-state index in [0.717, 1.165) is 12.4 Å². The summed E-state index contributed by atoms with van der Waals surface area (Å²) in [7, 11) is 0. The number of aromatic hydroxyl groups is 2. The minimum Gasteiger partial charge on any atom is -0.508 e. The number of phenols is 2. The maximum atomic E-state index is 13.6. The molecule has 7 nitrogen and oxygen atoms in total. The number of hydrogen-bond acceptors (Lipinski definition) is 5. The summed E-state index contributed by atoms with van der Waals surface area (Å²) < 4.78 is 13.6. The molecule has 0 fully saturated rings. The Morgan fingerprint density at radius 1 is 1.24 bits per heavy atom. The van der Waals surface area contributed by atoms with Gasteiger partial charge in [0.25, 0.3) is 5.91 Å². The summed E-state index contributed by atoms with van der Waals surface area (Å²) >= 11 is 0. The van der Waals surface area contributed by atoms with Crippen LogP contribution in [0.4, 0.5) is 4.39 Å². The summed E-state index contributed by atoms with van der Waals surface area (Å²) in [6.45, 7) is 0. The number of carbonyl (C=O) groups is 1. The number of hydrazone groups is 1. The van der Waals surface area contributed by atoms with Crippen LogP contribution in [0.5, 0.6) is 11.5 Å². The summed E-state index contributed by atoms with van der Waals surface area (Å²) in [5, 5.41) is 22.6. The second-order valence-corrected chi connectivity index (χ2v) is 5.14. The number of rotatable bonds is 3. The second kappa shape index (κ2) is 6.44. The van der Waals surface area contributed by atoms with Crippen molar-refractivity contribution in [3.05, 3.63) is 69.8 Å². The fraction of sp³-hybridized carbons (Fsp3) is 0. The highest BCUT2D eigenvalue weighted by molar-refractivity contribution is 5.97. The van der Waals surface area contributed by atoms with E-state index in [1.54, 1.807) is 0 Å². The van der Waals surface area contributed by atoms with E-state index in [1.165, 1.54) is 36.4 Å². The molecule has 4 N–H and O–H groups in total. The lowest BCUT2D eigenvalue weighted by atomic mass is 10.1. The molecule has 0 unspecified atom stereocenters. The van der Waals surface area contributed by atoms with E-state index in [9.17, 15) is 24.2 Å². The molecule has 8 heteroatoms. The summed E-state index contributed by atoms with van der Waals surface area (Å²) in [6, 6.07) is 7.78. The number of amides is 1. The van der Waals surface area contributed by atoms with Crippen LogP contribution in [0, 0.1) is 5.82 Å². The lowest BCUT2D eigenvalue weighted by molar-refractivity contribution is 0.0954. The minimum atomic E-state index is -0.802. The molecule has 1 aromatic heterocycles. The Bertz CT molecular complexity index is 1060. The first-order valence-electron chi connectivity index (χ1n) is 7.12. The summed E-state index contributed by atoms with van der Waals surface area (Å²) in [4.78, 5) is 26.9. The monoisotopic (exact) mass is 341 g/mol. The van der Waals surface area contributed by atoms with Crippen molar-refractivity contribution in [3.8, 4) is 11.5 Å². The van der Waals surface area contributed by atoms with Crippen molar-refractivity contribution in [1.82, 2.24) is 10.4 Å². The highest BCUT2D eigenvalue weighted by Crippen LogP contribution is 2.20. The van der Waals surface area contributed by atoms with Gasteiger partial charge in [-0.3, -0.25) is 9.59 Å². The molecule has 0 aliphatic heterocycles. The molecule has 3 aromatic rings. The molecule has 0 saturated heterocycles. The molecule has 1 amide bonds. The number of pyridine rings is 1. The molecule has 0 aliphatic carbocycles. The van der Waals surface area contributed by atoms with Gasteiger partial charge in [-0.15, -0.1) is 0 Å². The van der Waals surface area contributed by atoms with Crippen LogP contribution in [0.2, 0.25) is 0 Å². The highest BCUT2D eigenvalue weighted by atomic mass is 19.1. The van der Waals surface area contributed by atoms with E-state index < -0.39 is 17.2 Å². The molecular weight excluding hydrogens is 329 g/mol. The molecule has 25 heavy (non-hydrogen) atoms. The van der Waals surface area contributed by atoms with Crippen LogP contribution >= 0.6 is 0 Å². The van der Waals surface area contributed by atoms with Gasteiger partial charge in [0.2, 0.25) is 5.43 Å². The normalized spacial score (nSPS) is 11.1. The van der Waals surface area contributed by atoms with Gasteiger partial charge in [-0.25, -0.2) is 9.82 Å². The zero-order chi connectivity index (χ0) is 18.0. The van der Waals surface area contributed by atoms with E-state index in [4.69, 9.17) is 0 Å². The lowest BCUT2D eigenvalue weighted by Crippen LogP contribution is -2.25. The summed E-state index contributed by atoms with van der Waals surface area (Å²) in [5.74, 6) is -1.63. The van der Waals surface area contributed by atoms with Crippen LogP contribution in [0.15, 0.2) is 52.5 Å². The van der Waals surface area contributed by atoms with Gasteiger partial charge in [-0.05, 0) is 30.3 Å². The zero-order valence-electron chi connectivity index (χ0n) is 12.7. The van der Waals surface area contributed by atoms with Crippen molar-refractivity contribution in [2.24, 2.45) is 5.10 Å². The number of phenolic OH excluding ortho intramolecular Hbond substituents is 2. The Balaban J connectivity index is 1.86. The highest BCUT2D eigenvalue weighted by Gasteiger charge is 2.14. The van der Waals surface area contributed by atoms with Gasteiger partial charge in [0, 0.05) is 17.1 Å². The zero-order valence-corrected chi connectivity index (χ0v) is 12.7. The summed E-state index contributed by atoms with van der Waals surface area (Å²) in [5.41, 5.74) is 1.45. The number of carbonyl (C=O) groups excluding carboxylic acids is 1. The third kappa shape index (κ3) is 3.18. The van der Waals surface area contributed by atoms with E-state index >= 15 is 0 Å². The molecule has 0 aliphatic rings. The Morgan fingerprint density at radius 2 is 2.04 bits per heavy atom. The number of halogens is 1. The molecule has 3 rings (SSSR count). The van der Waals surface area contributed by atoms with E-state index in [0.29, 0.717) is 0 Å². The fourth-order valence-electron chi connectivity index (χ4n) is 2.25. The molecule has 1 heterocycles. The molecule has 0 radical (unpaired) electrons. The molecule has 0 bridgehead atoms. The van der Waals surface area contributed by atoms with Gasteiger partial charge in [-0.2, -0.15) is 5.10 Å². The quantitative estimate of drug-likeness (QED) is 0.330. The Morgan fingerprint density at radius 3 is 2.84 bits per heavy atom. The van der Waals surface area contributed by atoms with Crippen molar-refractivity contribution >= 4 is 23.0 Å². The van der Waals surface area contributed by atoms with Crippen LogP contribution in [0.1, 0.15) is 15.9 Å². The number of aromatic nitrogens is 1. The van der Waals surface area contributed by atoms with Crippen molar-refractivity contribution in [1.29, 1.82) is 0 Å². The van der Waals surface area contributed by atoms with Crippen LogP contribution < -0.4 is 10.9 Å². The van der Waals surface area contributed by atoms with E-state index in [2.05, 4.69) is 15.5 Å². The molecule has 2 aromatic carbocycles. The first kappa shape index (κ1) is 16.2. The number of fused-ring (bicyclic) bond motifs is 1. The van der Waals surface area contributed by atoms with E-state index in [-0.39, 0.29) is 33.5 Å². The average Bonchev–Trinajstić information content (AvgIpc) is 2.59. The SMILES string of the molecule is O=C(N/N=C/c1cc(O)ccc1O)c1c[nH]c2c(F)cccc2c1=O. The summed E-state index contributed by atoms with van der Waals surface area (Å²) in [6.07, 6.45) is 2.21. The minimum absolute atomic E-state index is 0.0113. The largest absolute Gasteiger partial charge is 0.508 e. The Kier molecular flexibility index (Phi) is 4.17. The molecule has 0 saturated carbocycles.